The monoisotopic (exact) mass is 197 g/mol. The van der Waals surface area contributed by atoms with Gasteiger partial charge in [-0.15, -0.1) is 0 Å². The minimum absolute atomic E-state index is 0.410. The van der Waals surface area contributed by atoms with E-state index in [9.17, 15) is 4.57 Å². The Balaban J connectivity index is 2.46. The molecule has 0 aliphatic carbocycles. The second-order valence-corrected chi connectivity index (χ2v) is 4.53. The van der Waals surface area contributed by atoms with E-state index in [2.05, 4.69) is 0 Å². The topological polar surface area (TPSA) is 26.3 Å². The van der Waals surface area contributed by atoms with Gasteiger partial charge in [-0.1, -0.05) is 32.0 Å². The molecule has 0 bridgehead atoms. The Labute approximate surface area is 79.8 Å². The van der Waals surface area contributed by atoms with Crippen molar-refractivity contribution in [1.82, 2.24) is 0 Å². The first-order chi connectivity index (χ1) is 6.18. The Morgan fingerprint density at radius 3 is 2.46 bits per heavy atom. The highest BCUT2D eigenvalue weighted by Gasteiger charge is 2.20. The van der Waals surface area contributed by atoms with Gasteiger partial charge in [-0.25, -0.2) is 0 Å². The normalized spacial score (nSPS) is 11.5. The third-order valence-electron chi connectivity index (χ3n) is 1.46. The first-order valence-electron chi connectivity index (χ1n) is 4.36. The largest absolute Gasteiger partial charge is 0.556 e. The van der Waals surface area contributed by atoms with Gasteiger partial charge in [-0.2, -0.15) is 0 Å². The molecule has 1 aromatic carbocycles. The second-order valence-electron chi connectivity index (χ2n) is 3.31. The summed E-state index contributed by atoms with van der Waals surface area (Å²) in [5.74, 6) is 1.09. The Morgan fingerprint density at radius 2 is 1.92 bits per heavy atom. The highest BCUT2D eigenvalue weighted by atomic mass is 31.1. The van der Waals surface area contributed by atoms with Gasteiger partial charge in [0.25, 0.3) is 0 Å². The van der Waals surface area contributed by atoms with Gasteiger partial charge in [-0.3, -0.25) is 4.52 Å². The molecule has 70 valence electrons. The number of para-hydroxylation sites is 1. The lowest BCUT2D eigenvalue weighted by atomic mass is 10.3. The zero-order valence-corrected chi connectivity index (χ0v) is 8.83. The summed E-state index contributed by atoms with van der Waals surface area (Å²) in [7, 11) is -1.55. The molecular formula is C10H14O2P+. The molecule has 1 aromatic rings. The lowest BCUT2D eigenvalue weighted by Crippen LogP contribution is -1.93. The van der Waals surface area contributed by atoms with Gasteiger partial charge in [-0.05, 0) is 16.7 Å². The average Bonchev–Trinajstić information content (AvgIpc) is 2.04. The molecule has 0 N–H and O–H groups in total. The van der Waals surface area contributed by atoms with Crippen LogP contribution in [0.5, 0.6) is 5.75 Å². The molecule has 13 heavy (non-hydrogen) atoms. The first kappa shape index (κ1) is 10.2. The number of hydrogen-bond donors (Lipinski definition) is 0. The quantitative estimate of drug-likeness (QED) is 0.691. The maximum Gasteiger partial charge on any atom is 0.556 e. The van der Waals surface area contributed by atoms with Crippen molar-refractivity contribution in [3.05, 3.63) is 30.3 Å². The summed E-state index contributed by atoms with van der Waals surface area (Å²) >= 11 is 0. The maximum atomic E-state index is 11.3. The van der Waals surface area contributed by atoms with Gasteiger partial charge in [0.05, 0.1) is 0 Å². The Morgan fingerprint density at radius 1 is 1.31 bits per heavy atom. The summed E-state index contributed by atoms with van der Waals surface area (Å²) in [6, 6.07) is 9.27. The zero-order chi connectivity index (χ0) is 9.68. The molecule has 2 nitrogen and oxygen atoms in total. The molecule has 0 aliphatic heterocycles. The van der Waals surface area contributed by atoms with Crippen molar-refractivity contribution in [2.75, 3.05) is 6.16 Å². The summed E-state index contributed by atoms with van der Waals surface area (Å²) in [6.45, 7) is 4.06. The molecule has 1 unspecified atom stereocenters. The fourth-order valence-electron chi connectivity index (χ4n) is 0.934. The van der Waals surface area contributed by atoms with Crippen LogP contribution in [0.1, 0.15) is 13.8 Å². The summed E-state index contributed by atoms with van der Waals surface area (Å²) in [6.07, 6.45) is 0.615. The molecule has 3 heteroatoms. The average molecular weight is 197 g/mol. The maximum absolute atomic E-state index is 11.3. The summed E-state index contributed by atoms with van der Waals surface area (Å²) < 4.78 is 16.6. The number of benzene rings is 1. The Kier molecular flexibility index (Phi) is 3.91. The van der Waals surface area contributed by atoms with Crippen molar-refractivity contribution in [2.24, 2.45) is 5.92 Å². The van der Waals surface area contributed by atoms with Crippen LogP contribution < -0.4 is 4.52 Å². The fourth-order valence-corrected chi connectivity index (χ4v) is 1.96. The predicted molar refractivity (Wildman–Crippen MR) is 54.4 cm³/mol. The van der Waals surface area contributed by atoms with Crippen LogP contribution in [0, 0.1) is 5.92 Å². The van der Waals surface area contributed by atoms with Gasteiger partial charge in [0, 0.05) is 5.92 Å². The van der Waals surface area contributed by atoms with Crippen LogP contribution in [0.15, 0.2) is 30.3 Å². The van der Waals surface area contributed by atoms with E-state index >= 15 is 0 Å². The van der Waals surface area contributed by atoms with Crippen molar-refractivity contribution in [2.45, 2.75) is 13.8 Å². The van der Waals surface area contributed by atoms with E-state index < -0.39 is 8.03 Å². The predicted octanol–water partition coefficient (Wildman–Crippen LogP) is 3.46. The third kappa shape index (κ3) is 4.05. The molecule has 0 saturated carbocycles. The van der Waals surface area contributed by atoms with E-state index in [-0.39, 0.29) is 0 Å². The van der Waals surface area contributed by atoms with Gasteiger partial charge in [0.2, 0.25) is 0 Å². The third-order valence-corrected chi connectivity index (χ3v) is 2.91. The van der Waals surface area contributed by atoms with Crippen LogP contribution in [0.4, 0.5) is 0 Å². The van der Waals surface area contributed by atoms with Crippen LogP contribution in [0.25, 0.3) is 0 Å². The molecular weight excluding hydrogens is 183 g/mol. The van der Waals surface area contributed by atoms with Crippen LogP contribution in [0.2, 0.25) is 0 Å². The molecule has 0 saturated heterocycles. The molecule has 0 amide bonds. The molecule has 0 heterocycles. The van der Waals surface area contributed by atoms with Crippen molar-refractivity contribution in [1.29, 1.82) is 0 Å². The van der Waals surface area contributed by atoms with E-state index in [0.717, 1.165) is 0 Å². The molecule has 0 spiro atoms. The van der Waals surface area contributed by atoms with E-state index in [1.807, 2.05) is 44.2 Å². The van der Waals surface area contributed by atoms with Crippen molar-refractivity contribution in [3.63, 3.8) is 0 Å². The standard InChI is InChI=1S/C10H14O2P/c1-9(2)8-13(11)12-10-6-4-3-5-7-10/h3-7,9H,8H2,1-2H3/q+1. The minimum atomic E-state index is -1.55. The highest BCUT2D eigenvalue weighted by Crippen LogP contribution is 2.28. The minimum Gasteiger partial charge on any atom is -0.254 e. The van der Waals surface area contributed by atoms with Crippen LogP contribution >= 0.6 is 8.03 Å². The highest BCUT2D eigenvalue weighted by molar-refractivity contribution is 7.39. The smallest absolute Gasteiger partial charge is 0.254 e. The number of rotatable bonds is 4. The molecule has 0 radical (unpaired) electrons. The Bertz CT molecular complexity index is 270. The zero-order valence-electron chi connectivity index (χ0n) is 7.93. The van der Waals surface area contributed by atoms with Crippen molar-refractivity contribution >= 4 is 8.03 Å². The van der Waals surface area contributed by atoms with Gasteiger partial charge < -0.3 is 0 Å². The summed E-state index contributed by atoms with van der Waals surface area (Å²) in [5.41, 5.74) is 0. The molecule has 0 aromatic heterocycles. The van der Waals surface area contributed by atoms with E-state index in [1.54, 1.807) is 0 Å². The van der Waals surface area contributed by atoms with Crippen LogP contribution in [-0.2, 0) is 4.57 Å². The SMILES string of the molecule is CC(C)C[P+](=O)Oc1ccccc1. The van der Waals surface area contributed by atoms with Crippen molar-refractivity contribution < 1.29 is 9.09 Å². The van der Waals surface area contributed by atoms with Gasteiger partial charge >= 0.3 is 8.03 Å². The molecule has 1 atom stereocenters. The Hall–Kier alpha value is -0.880. The van der Waals surface area contributed by atoms with Gasteiger partial charge in [0.15, 0.2) is 11.9 Å². The van der Waals surface area contributed by atoms with E-state index in [1.165, 1.54) is 0 Å². The van der Waals surface area contributed by atoms with E-state index in [4.69, 9.17) is 4.52 Å². The second kappa shape index (κ2) is 4.98. The van der Waals surface area contributed by atoms with Gasteiger partial charge in [0.1, 0.15) is 0 Å². The lowest BCUT2D eigenvalue weighted by Gasteiger charge is -1.94. The summed E-state index contributed by atoms with van der Waals surface area (Å²) in [4.78, 5) is 0. The fraction of sp³-hybridized carbons (Fsp3) is 0.400. The van der Waals surface area contributed by atoms with E-state index in [0.29, 0.717) is 17.8 Å². The van der Waals surface area contributed by atoms with Crippen LogP contribution in [-0.4, -0.2) is 6.16 Å². The van der Waals surface area contributed by atoms with Crippen molar-refractivity contribution in [3.8, 4) is 5.75 Å². The summed E-state index contributed by atoms with van der Waals surface area (Å²) in [5, 5.41) is 0. The molecule has 1 rings (SSSR count). The molecule has 0 aliphatic rings. The lowest BCUT2D eigenvalue weighted by molar-refractivity contribution is 0.496. The molecule has 0 fully saturated rings. The first-order valence-corrected chi connectivity index (χ1v) is 5.72. The number of hydrogen-bond acceptors (Lipinski definition) is 2. The van der Waals surface area contributed by atoms with Crippen LogP contribution in [0.3, 0.4) is 0 Å².